The van der Waals surface area contributed by atoms with Gasteiger partial charge in [-0.25, -0.2) is 0 Å². The van der Waals surface area contributed by atoms with Crippen LogP contribution in [0, 0.1) is 11.3 Å². The molecule has 24 heavy (non-hydrogen) atoms. The average Bonchev–Trinajstić information content (AvgIpc) is 2.53. The standard InChI is InChI=1S/C18H20N4OS/c1-24-17(19)15-8-7-14(22-18(23)12-10-20-11-12)9-16(15)21-13-5-3-2-4-6-13/h2-9,12,19-21H,10-11H2,1H3,(H,22,23). The van der Waals surface area contributed by atoms with Crippen molar-refractivity contribution < 1.29 is 4.79 Å². The Balaban J connectivity index is 1.85. The highest BCUT2D eigenvalue weighted by molar-refractivity contribution is 8.13. The Hall–Kier alpha value is -2.31. The molecule has 1 aliphatic heterocycles. The van der Waals surface area contributed by atoms with Crippen molar-refractivity contribution in [2.24, 2.45) is 5.92 Å². The quantitative estimate of drug-likeness (QED) is 0.498. The molecule has 0 radical (unpaired) electrons. The van der Waals surface area contributed by atoms with E-state index in [0.29, 0.717) is 5.04 Å². The summed E-state index contributed by atoms with van der Waals surface area (Å²) >= 11 is 1.39. The molecule has 1 aliphatic rings. The molecule has 0 spiro atoms. The number of carbonyl (C=O) groups is 1. The molecular weight excluding hydrogens is 320 g/mol. The van der Waals surface area contributed by atoms with E-state index in [1.807, 2.05) is 54.8 Å². The first-order valence-corrected chi connectivity index (χ1v) is 9.00. The molecule has 0 atom stereocenters. The van der Waals surface area contributed by atoms with Crippen molar-refractivity contribution in [1.29, 1.82) is 5.41 Å². The van der Waals surface area contributed by atoms with E-state index in [1.54, 1.807) is 0 Å². The van der Waals surface area contributed by atoms with Crippen molar-refractivity contribution in [3.8, 4) is 0 Å². The van der Waals surface area contributed by atoms with Gasteiger partial charge in [0, 0.05) is 30.0 Å². The number of hydrogen-bond acceptors (Lipinski definition) is 5. The number of nitrogens with one attached hydrogen (secondary N) is 4. The van der Waals surface area contributed by atoms with Crippen LogP contribution < -0.4 is 16.0 Å². The van der Waals surface area contributed by atoms with Gasteiger partial charge in [0.15, 0.2) is 0 Å². The molecule has 0 unspecified atom stereocenters. The lowest BCUT2D eigenvalue weighted by Crippen LogP contribution is -2.48. The predicted molar refractivity (Wildman–Crippen MR) is 101 cm³/mol. The van der Waals surface area contributed by atoms with Crippen LogP contribution in [0.15, 0.2) is 48.5 Å². The molecule has 1 amide bonds. The molecule has 1 saturated heterocycles. The molecule has 4 N–H and O–H groups in total. The van der Waals surface area contributed by atoms with Gasteiger partial charge in [-0.1, -0.05) is 18.2 Å². The van der Waals surface area contributed by atoms with E-state index in [4.69, 9.17) is 5.41 Å². The van der Waals surface area contributed by atoms with Crippen LogP contribution in [-0.2, 0) is 4.79 Å². The third kappa shape index (κ3) is 3.77. The largest absolute Gasteiger partial charge is 0.355 e. The number of anilines is 3. The molecule has 5 nitrogen and oxygen atoms in total. The van der Waals surface area contributed by atoms with Crippen molar-refractivity contribution in [3.05, 3.63) is 54.1 Å². The van der Waals surface area contributed by atoms with Crippen LogP contribution in [0.3, 0.4) is 0 Å². The average molecular weight is 340 g/mol. The number of rotatable bonds is 5. The normalized spacial score (nSPS) is 13.9. The summed E-state index contributed by atoms with van der Waals surface area (Å²) in [5.41, 5.74) is 3.31. The predicted octanol–water partition coefficient (Wildman–Crippen LogP) is 3.28. The maximum absolute atomic E-state index is 12.1. The Morgan fingerprint density at radius 3 is 2.54 bits per heavy atom. The second kappa shape index (κ2) is 7.51. The Morgan fingerprint density at radius 1 is 1.17 bits per heavy atom. The van der Waals surface area contributed by atoms with E-state index < -0.39 is 0 Å². The van der Waals surface area contributed by atoms with Crippen LogP contribution in [0.5, 0.6) is 0 Å². The van der Waals surface area contributed by atoms with E-state index in [1.165, 1.54) is 11.8 Å². The van der Waals surface area contributed by atoms with Gasteiger partial charge in [-0.2, -0.15) is 0 Å². The van der Waals surface area contributed by atoms with Crippen molar-refractivity contribution in [2.45, 2.75) is 0 Å². The minimum absolute atomic E-state index is 0.0344. The highest BCUT2D eigenvalue weighted by atomic mass is 32.2. The molecule has 0 aliphatic carbocycles. The zero-order chi connectivity index (χ0) is 16.9. The van der Waals surface area contributed by atoms with Crippen molar-refractivity contribution >= 4 is 39.8 Å². The van der Waals surface area contributed by atoms with Gasteiger partial charge in [0.25, 0.3) is 0 Å². The number of benzene rings is 2. The first-order chi connectivity index (χ1) is 11.7. The van der Waals surface area contributed by atoms with Crippen molar-refractivity contribution in [2.75, 3.05) is 30.0 Å². The van der Waals surface area contributed by atoms with Crippen molar-refractivity contribution in [1.82, 2.24) is 5.32 Å². The van der Waals surface area contributed by atoms with Gasteiger partial charge in [-0.3, -0.25) is 10.2 Å². The van der Waals surface area contributed by atoms with E-state index in [2.05, 4.69) is 16.0 Å². The molecule has 1 fully saturated rings. The Labute approximate surface area is 145 Å². The van der Waals surface area contributed by atoms with Crippen LogP contribution in [0.1, 0.15) is 5.56 Å². The van der Waals surface area contributed by atoms with Crippen LogP contribution in [-0.4, -0.2) is 30.3 Å². The number of para-hydroxylation sites is 1. The van der Waals surface area contributed by atoms with Gasteiger partial charge in [-0.05, 0) is 36.6 Å². The fraction of sp³-hybridized carbons (Fsp3) is 0.222. The number of hydrogen-bond donors (Lipinski definition) is 4. The summed E-state index contributed by atoms with van der Waals surface area (Å²) in [7, 11) is 0. The van der Waals surface area contributed by atoms with Crippen molar-refractivity contribution in [3.63, 3.8) is 0 Å². The first kappa shape index (κ1) is 16.5. The molecule has 0 aromatic heterocycles. The summed E-state index contributed by atoms with van der Waals surface area (Å²) in [6.45, 7) is 1.46. The van der Waals surface area contributed by atoms with E-state index >= 15 is 0 Å². The highest BCUT2D eigenvalue weighted by Crippen LogP contribution is 2.27. The molecular formula is C18H20N4OS. The highest BCUT2D eigenvalue weighted by Gasteiger charge is 2.24. The lowest BCUT2D eigenvalue weighted by atomic mass is 10.0. The summed E-state index contributed by atoms with van der Waals surface area (Å²) in [6, 6.07) is 15.4. The summed E-state index contributed by atoms with van der Waals surface area (Å²) in [5.74, 6) is 0.0757. The Morgan fingerprint density at radius 2 is 1.92 bits per heavy atom. The van der Waals surface area contributed by atoms with Gasteiger partial charge in [0.1, 0.15) is 0 Å². The lowest BCUT2D eigenvalue weighted by molar-refractivity contribution is -0.121. The van der Waals surface area contributed by atoms with Gasteiger partial charge in [0.05, 0.1) is 16.6 Å². The zero-order valence-corrected chi connectivity index (χ0v) is 14.2. The van der Waals surface area contributed by atoms with E-state index in [0.717, 1.165) is 35.7 Å². The molecule has 2 aromatic rings. The molecule has 0 bridgehead atoms. The fourth-order valence-electron chi connectivity index (χ4n) is 2.43. The summed E-state index contributed by atoms with van der Waals surface area (Å²) in [5, 5.41) is 18.0. The summed E-state index contributed by atoms with van der Waals surface area (Å²) < 4.78 is 0. The Kier molecular flexibility index (Phi) is 5.17. The minimum Gasteiger partial charge on any atom is -0.355 e. The number of carbonyl (C=O) groups excluding carboxylic acids is 1. The van der Waals surface area contributed by atoms with Crippen LogP contribution in [0.4, 0.5) is 17.1 Å². The van der Waals surface area contributed by atoms with Gasteiger partial charge >= 0.3 is 0 Å². The monoisotopic (exact) mass is 340 g/mol. The number of amides is 1. The first-order valence-electron chi connectivity index (χ1n) is 7.78. The third-order valence-corrected chi connectivity index (χ3v) is 4.57. The van der Waals surface area contributed by atoms with E-state index in [-0.39, 0.29) is 11.8 Å². The molecule has 0 saturated carbocycles. The summed E-state index contributed by atoms with van der Waals surface area (Å²) in [6.07, 6.45) is 1.88. The maximum atomic E-state index is 12.1. The zero-order valence-electron chi connectivity index (χ0n) is 13.4. The fourth-order valence-corrected chi connectivity index (χ4v) is 2.83. The van der Waals surface area contributed by atoms with Crippen LogP contribution >= 0.6 is 11.8 Å². The second-order valence-electron chi connectivity index (χ2n) is 5.63. The third-order valence-electron chi connectivity index (χ3n) is 3.94. The smallest absolute Gasteiger partial charge is 0.230 e. The van der Waals surface area contributed by atoms with Gasteiger partial charge in [0.2, 0.25) is 5.91 Å². The van der Waals surface area contributed by atoms with Crippen LogP contribution in [0.25, 0.3) is 0 Å². The van der Waals surface area contributed by atoms with Gasteiger partial charge in [-0.15, -0.1) is 11.8 Å². The van der Waals surface area contributed by atoms with Gasteiger partial charge < -0.3 is 16.0 Å². The minimum atomic E-state index is 0.0344. The summed E-state index contributed by atoms with van der Waals surface area (Å²) in [4.78, 5) is 12.1. The molecule has 124 valence electrons. The van der Waals surface area contributed by atoms with Crippen LogP contribution in [0.2, 0.25) is 0 Å². The molecule has 3 rings (SSSR count). The number of thioether (sulfide) groups is 1. The second-order valence-corrected chi connectivity index (χ2v) is 6.45. The maximum Gasteiger partial charge on any atom is 0.230 e. The topological polar surface area (TPSA) is 77.0 Å². The lowest BCUT2D eigenvalue weighted by Gasteiger charge is -2.26. The van der Waals surface area contributed by atoms with E-state index in [9.17, 15) is 4.79 Å². The molecule has 1 heterocycles. The molecule has 6 heteroatoms. The molecule has 2 aromatic carbocycles. The Bertz CT molecular complexity index is 744. The SMILES string of the molecule is CSC(=N)c1ccc(NC(=O)C2CNC2)cc1Nc1ccccc1.